The second-order valence-corrected chi connectivity index (χ2v) is 5.38. The molecular formula is C15H26N2O. The lowest BCUT2D eigenvalue weighted by atomic mass is 10.0. The minimum absolute atomic E-state index is 0.909. The zero-order valence-electron chi connectivity index (χ0n) is 11.7. The van der Waals surface area contributed by atoms with Gasteiger partial charge in [0.15, 0.2) is 0 Å². The van der Waals surface area contributed by atoms with Crippen molar-refractivity contribution in [1.29, 1.82) is 0 Å². The van der Waals surface area contributed by atoms with Crippen LogP contribution in [0.25, 0.3) is 0 Å². The number of nitrogens with zero attached hydrogens (tertiary/aromatic N) is 1. The van der Waals surface area contributed by atoms with E-state index in [4.69, 9.17) is 4.42 Å². The topological polar surface area (TPSA) is 28.4 Å². The number of hydrogen-bond acceptors (Lipinski definition) is 3. The van der Waals surface area contributed by atoms with Gasteiger partial charge in [-0.05, 0) is 37.9 Å². The van der Waals surface area contributed by atoms with Gasteiger partial charge in [0.05, 0.1) is 12.8 Å². The van der Waals surface area contributed by atoms with Gasteiger partial charge in [0, 0.05) is 18.7 Å². The highest BCUT2D eigenvalue weighted by molar-refractivity contribution is 5.12. The first-order valence-electron chi connectivity index (χ1n) is 7.31. The van der Waals surface area contributed by atoms with E-state index in [2.05, 4.69) is 30.1 Å². The molecule has 1 aromatic heterocycles. The van der Waals surface area contributed by atoms with Gasteiger partial charge in [0.25, 0.3) is 0 Å². The summed E-state index contributed by atoms with van der Waals surface area (Å²) in [6, 6.07) is 2.19. The van der Waals surface area contributed by atoms with Crippen LogP contribution in [-0.4, -0.2) is 24.5 Å². The van der Waals surface area contributed by atoms with E-state index in [1.807, 2.05) is 6.26 Å². The van der Waals surface area contributed by atoms with Crippen molar-refractivity contribution in [3.63, 3.8) is 0 Å². The third-order valence-corrected chi connectivity index (χ3v) is 3.73. The van der Waals surface area contributed by atoms with Gasteiger partial charge in [-0.25, -0.2) is 0 Å². The van der Waals surface area contributed by atoms with Gasteiger partial charge in [0.1, 0.15) is 5.76 Å². The summed E-state index contributed by atoms with van der Waals surface area (Å²) in [5.74, 6) is 2.02. The van der Waals surface area contributed by atoms with Crippen LogP contribution in [-0.2, 0) is 13.1 Å². The summed E-state index contributed by atoms with van der Waals surface area (Å²) in [6.45, 7) is 9.78. The lowest BCUT2D eigenvalue weighted by molar-refractivity contribution is 0.284. The molecule has 1 unspecified atom stereocenters. The molecule has 2 heterocycles. The Balaban J connectivity index is 1.77. The lowest BCUT2D eigenvalue weighted by Crippen LogP contribution is -2.19. The fourth-order valence-electron chi connectivity index (χ4n) is 2.79. The van der Waals surface area contributed by atoms with Crippen molar-refractivity contribution in [2.45, 2.75) is 46.2 Å². The van der Waals surface area contributed by atoms with Crippen molar-refractivity contribution in [2.75, 3.05) is 19.6 Å². The summed E-state index contributed by atoms with van der Waals surface area (Å²) < 4.78 is 5.64. The molecule has 0 aliphatic carbocycles. The average Bonchev–Trinajstić information content (AvgIpc) is 2.98. The Labute approximate surface area is 111 Å². The molecular weight excluding hydrogens is 224 g/mol. The van der Waals surface area contributed by atoms with Crippen molar-refractivity contribution in [3.05, 3.63) is 23.7 Å². The van der Waals surface area contributed by atoms with Crippen molar-refractivity contribution in [1.82, 2.24) is 10.2 Å². The molecule has 2 rings (SSSR count). The summed E-state index contributed by atoms with van der Waals surface area (Å²) in [4.78, 5) is 2.52. The fourth-order valence-corrected chi connectivity index (χ4v) is 2.79. The minimum Gasteiger partial charge on any atom is -0.468 e. The van der Waals surface area contributed by atoms with Gasteiger partial charge >= 0.3 is 0 Å². The Morgan fingerprint density at radius 2 is 2.33 bits per heavy atom. The van der Waals surface area contributed by atoms with Gasteiger partial charge in [-0.2, -0.15) is 0 Å². The molecule has 1 saturated heterocycles. The Hall–Kier alpha value is -0.800. The monoisotopic (exact) mass is 250 g/mol. The van der Waals surface area contributed by atoms with Crippen molar-refractivity contribution >= 4 is 0 Å². The van der Waals surface area contributed by atoms with Crippen molar-refractivity contribution in [3.8, 4) is 0 Å². The van der Waals surface area contributed by atoms with Crippen LogP contribution in [0.15, 0.2) is 16.7 Å². The van der Waals surface area contributed by atoms with Crippen LogP contribution in [0.1, 0.15) is 44.4 Å². The summed E-state index contributed by atoms with van der Waals surface area (Å²) >= 11 is 0. The molecule has 0 radical (unpaired) electrons. The van der Waals surface area contributed by atoms with Gasteiger partial charge in [0.2, 0.25) is 0 Å². The molecule has 0 bridgehead atoms. The summed E-state index contributed by atoms with van der Waals surface area (Å²) in [5.41, 5.74) is 1.26. The van der Waals surface area contributed by atoms with E-state index in [9.17, 15) is 0 Å². The highest BCUT2D eigenvalue weighted by atomic mass is 16.3. The lowest BCUT2D eigenvalue weighted by Gasteiger charge is -2.13. The van der Waals surface area contributed by atoms with Crippen LogP contribution in [0.5, 0.6) is 0 Å². The molecule has 3 heteroatoms. The van der Waals surface area contributed by atoms with E-state index in [0.717, 1.165) is 31.3 Å². The number of furan rings is 1. The molecule has 1 fully saturated rings. The molecule has 0 saturated carbocycles. The first kappa shape index (κ1) is 13.6. The summed E-state index contributed by atoms with van der Waals surface area (Å²) in [6.07, 6.45) is 5.93. The average molecular weight is 250 g/mol. The van der Waals surface area contributed by atoms with Crippen LogP contribution in [0, 0.1) is 5.92 Å². The second kappa shape index (κ2) is 6.95. The Morgan fingerprint density at radius 1 is 1.44 bits per heavy atom. The molecule has 0 spiro atoms. The SMILES string of the molecule is CCCC1CCN(Cc2cc(CNCC)co2)C1. The maximum Gasteiger partial charge on any atom is 0.118 e. The third kappa shape index (κ3) is 3.85. The zero-order chi connectivity index (χ0) is 12.8. The van der Waals surface area contributed by atoms with E-state index >= 15 is 0 Å². The van der Waals surface area contributed by atoms with Crippen LogP contribution in [0.2, 0.25) is 0 Å². The first-order valence-corrected chi connectivity index (χ1v) is 7.31. The van der Waals surface area contributed by atoms with E-state index in [1.54, 1.807) is 0 Å². The maximum atomic E-state index is 5.64. The highest BCUT2D eigenvalue weighted by Crippen LogP contribution is 2.23. The Kier molecular flexibility index (Phi) is 5.26. The van der Waals surface area contributed by atoms with Crippen LogP contribution >= 0.6 is 0 Å². The van der Waals surface area contributed by atoms with E-state index < -0.39 is 0 Å². The van der Waals surface area contributed by atoms with Crippen molar-refractivity contribution < 1.29 is 4.42 Å². The minimum atomic E-state index is 0.909. The van der Waals surface area contributed by atoms with E-state index in [1.165, 1.54) is 37.9 Å². The Bertz CT molecular complexity index is 348. The van der Waals surface area contributed by atoms with Crippen LogP contribution in [0.3, 0.4) is 0 Å². The van der Waals surface area contributed by atoms with E-state index in [0.29, 0.717) is 0 Å². The number of nitrogens with one attached hydrogen (secondary N) is 1. The number of rotatable bonds is 7. The predicted octanol–water partition coefficient (Wildman–Crippen LogP) is 3.01. The molecule has 0 aromatic carbocycles. The predicted molar refractivity (Wildman–Crippen MR) is 74.4 cm³/mol. The molecule has 1 aliphatic heterocycles. The standard InChI is InChI=1S/C15H26N2O/c1-3-5-13-6-7-17(10-13)11-15-8-14(12-18-15)9-16-4-2/h8,12-13,16H,3-7,9-11H2,1-2H3. The molecule has 102 valence electrons. The molecule has 1 aliphatic rings. The van der Waals surface area contributed by atoms with Gasteiger partial charge in [-0.15, -0.1) is 0 Å². The Morgan fingerprint density at radius 3 is 3.11 bits per heavy atom. The van der Waals surface area contributed by atoms with Crippen molar-refractivity contribution in [2.24, 2.45) is 5.92 Å². The van der Waals surface area contributed by atoms with E-state index in [-0.39, 0.29) is 0 Å². The van der Waals surface area contributed by atoms with Gasteiger partial charge in [-0.1, -0.05) is 20.3 Å². The third-order valence-electron chi connectivity index (χ3n) is 3.73. The van der Waals surface area contributed by atoms with Crippen LogP contribution < -0.4 is 5.32 Å². The molecule has 3 nitrogen and oxygen atoms in total. The van der Waals surface area contributed by atoms with Gasteiger partial charge in [-0.3, -0.25) is 4.90 Å². The quantitative estimate of drug-likeness (QED) is 0.806. The smallest absolute Gasteiger partial charge is 0.118 e. The zero-order valence-corrected chi connectivity index (χ0v) is 11.7. The van der Waals surface area contributed by atoms with Gasteiger partial charge < -0.3 is 9.73 Å². The first-order chi connectivity index (χ1) is 8.81. The molecule has 0 amide bonds. The normalized spacial score (nSPS) is 20.7. The number of likely N-dealkylation sites (tertiary alicyclic amines) is 1. The number of hydrogen-bond donors (Lipinski definition) is 1. The molecule has 1 atom stereocenters. The summed E-state index contributed by atoms with van der Waals surface area (Å²) in [5, 5.41) is 3.32. The fraction of sp³-hybridized carbons (Fsp3) is 0.733. The molecule has 1 N–H and O–H groups in total. The second-order valence-electron chi connectivity index (χ2n) is 5.38. The largest absolute Gasteiger partial charge is 0.468 e. The highest BCUT2D eigenvalue weighted by Gasteiger charge is 2.22. The van der Waals surface area contributed by atoms with Crippen LogP contribution in [0.4, 0.5) is 0 Å². The molecule has 18 heavy (non-hydrogen) atoms. The maximum absolute atomic E-state index is 5.64. The molecule has 1 aromatic rings. The summed E-state index contributed by atoms with van der Waals surface area (Å²) in [7, 11) is 0.